The zero-order valence-electron chi connectivity index (χ0n) is 12.5. The van der Waals surface area contributed by atoms with Gasteiger partial charge in [-0.3, -0.25) is 4.79 Å². The Hall–Kier alpha value is -1.51. The van der Waals surface area contributed by atoms with E-state index in [9.17, 15) is 9.90 Å². The molecule has 3 heteroatoms. The van der Waals surface area contributed by atoms with Gasteiger partial charge in [0.05, 0.1) is 6.10 Å². The van der Waals surface area contributed by atoms with Crippen LogP contribution in [0.5, 0.6) is 5.75 Å². The third-order valence-electron chi connectivity index (χ3n) is 3.00. The monoisotopic (exact) mass is 264 g/mol. The van der Waals surface area contributed by atoms with Crippen LogP contribution in [0.2, 0.25) is 0 Å². The van der Waals surface area contributed by atoms with Gasteiger partial charge in [0.15, 0.2) is 0 Å². The summed E-state index contributed by atoms with van der Waals surface area (Å²) in [5.41, 5.74) is 2.87. The van der Waals surface area contributed by atoms with Gasteiger partial charge >= 0.3 is 5.97 Å². The summed E-state index contributed by atoms with van der Waals surface area (Å²) in [6.45, 7) is 9.67. The van der Waals surface area contributed by atoms with Crippen molar-refractivity contribution in [3.05, 3.63) is 28.8 Å². The second kappa shape index (κ2) is 6.60. The van der Waals surface area contributed by atoms with Gasteiger partial charge in [0.2, 0.25) is 0 Å². The number of aryl methyl sites for hydroxylation is 2. The van der Waals surface area contributed by atoms with Crippen LogP contribution in [0.4, 0.5) is 0 Å². The summed E-state index contributed by atoms with van der Waals surface area (Å²) in [7, 11) is 0. The van der Waals surface area contributed by atoms with Gasteiger partial charge in [-0.25, -0.2) is 0 Å². The van der Waals surface area contributed by atoms with Crippen LogP contribution in [0, 0.1) is 6.92 Å². The van der Waals surface area contributed by atoms with Crippen molar-refractivity contribution in [3.8, 4) is 5.75 Å². The summed E-state index contributed by atoms with van der Waals surface area (Å²) in [6.07, 6.45) is 0.951. The number of rotatable bonds is 5. The summed E-state index contributed by atoms with van der Waals surface area (Å²) in [5.74, 6) is 0.455. The van der Waals surface area contributed by atoms with Crippen molar-refractivity contribution >= 4 is 5.97 Å². The molecule has 0 saturated heterocycles. The molecule has 0 unspecified atom stereocenters. The topological polar surface area (TPSA) is 46.5 Å². The first-order valence-electron chi connectivity index (χ1n) is 6.83. The van der Waals surface area contributed by atoms with Crippen molar-refractivity contribution in [1.82, 2.24) is 0 Å². The molecule has 1 aromatic rings. The quantitative estimate of drug-likeness (QED) is 0.825. The Morgan fingerprint density at radius 3 is 2.42 bits per heavy atom. The predicted molar refractivity (Wildman–Crippen MR) is 76.5 cm³/mol. The van der Waals surface area contributed by atoms with Crippen LogP contribution >= 0.6 is 0 Å². The molecule has 3 nitrogen and oxygen atoms in total. The van der Waals surface area contributed by atoms with Gasteiger partial charge in [-0.2, -0.15) is 0 Å². The second-order valence-electron chi connectivity index (χ2n) is 5.54. The van der Waals surface area contributed by atoms with Gasteiger partial charge < -0.3 is 9.84 Å². The van der Waals surface area contributed by atoms with Crippen LogP contribution in [0.1, 0.15) is 56.7 Å². The smallest absolute Gasteiger partial charge is 0.306 e. The standard InChI is InChI=1S/C16H24O3/c1-10(2)14-9-13(8-12(5)16(14)18)6-7-15(17)19-11(3)4/h8-11,18H,6-7H2,1-5H3. The largest absolute Gasteiger partial charge is 0.507 e. The number of phenols is 1. The van der Waals surface area contributed by atoms with E-state index in [0.29, 0.717) is 18.6 Å². The molecule has 106 valence electrons. The SMILES string of the molecule is Cc1cc(CCC(=O)OC(C)C)cc(C(C)C)c1O. The molecule has 0 bridgehead atoms. The number of benzene rings is 1. The first-order chi connectivity index (χ1) is 8.81. The molecule has 0 saturated carbocycles. The predicted octanol–water partition coefficient (Wildman–Crippen LogP) is 3.71. The molecule has 0 spiro atoms. The zero-order valence-corrected chi connectivity index (χ0v) is 12.5. The minimum absolute atomic E-state index is 0.0692. The third kappa shape index (κ3) is 4.58. The molecule has 1 rings (SSSR count). The lowest BCUT2D eigenvalue weighted by Crippen LogP contribution is -2.12. The van der Waals surface area contributed by atoms with Gasteiger partial charge in [0.25, 0.3) is 0 Å². The second-order valence-corrected chi connectivity index (χ2v) is 5.54. The van der Waals surface area contributed by atoms with E-state index in [1.807, 2.05) is 46.8 Å². The van der Waals surface area contributed by atoms with Gasteiger partial charge in [-0.15, -0.1) is 0 Å². The molecule has 1 N–H and O–H groups in total. The van der Waals surface area contributed by atoms with E-state index in [-0.39, 0.29) is 18.0 Å². The van der Waals surface area contributed by atoms with E-state index < -0.39 is 0 Å². The average Bonchev–Trinajstić information content (AvgIpc) is 2.29. The number of hydrogen-bond donors (Lipinski definition) is 1. The molecule has 0 aliphatic heterocycles. The maximum absolute atomic E-state index is 11.5. The average molecular weight is 264 g/mol. The maximum atomic E-state index is 11.5. The molecule has 0 aliphatic carbocycles. The summed E-state index contributed by atoms with van der Waals surface area (Å²) in [5, 5.41) is 10.00. The lowest BCUT2D eigenvalue weighted by Gasteiger charge is -2.14. The van der Waals surface area contributed by atoms with Crippen LogP contribution in [0.3, 0.4) is 0 Å². The fourth-order valence-electron chi connectivity index (χ4n) is 2.04. The van der Waals surface area contributed by atoms with Gasteiger partial charge in [-0.05, 0) is 49.8 Å². The molecule has 1 aromatic carbocycles. The van der Waals surface area contributed by atoms with E-state index >= 15 is 0 Å². The molecule has 0 fully saturated rings. The highest BCUT2D eigenvalue weighted by molar-refractivity contribution is 5.70. The van der Waals surface area contributed by atoms with Crippen molar-refractivity contribution in [2.45, 2.75) is 59.5 Å². The van der Waals surface area contributed by atoms with Crippen LogP contribution in [-0.4, -0.2) is 17.2 Å². The highest BCUT2D eigenvalue weighted by Gasteiger charge is 2.12. The van der Waals surface area contributed by atoms with Crippen molar-refractivity contribution in [3.63, 3.8) is 0 Å². The van der Waals surface area contributed by atoms with E-state index in [4.69, 9.17) is 4.74 Å². The summed E-state index contributed by atoms with van der Waals surface area (Å²) < 4.78 is 5.12. The van der Waals surface area contributed by atoms with Gasteiger partial charge in [-0.1, -0.05) is 26.0 Å². The molecule has 19 heavy (non-hydrogen) atoms. The van der Waals surface area contributed by atoms with E-state index in [2.05, 4.69) is 0 Å². The van der Waals surface area contributed by atoms with Crippen molar-refractivity contribution in [1.29, 1.82) is 0 Å². The van der Waals surface area contributed by atoms with Crippen molar-refractivity contribution < 1.29 is 14.6 Å². The normalized spacial score (nSPS) is 11.1. The first kappa shape index (κ1) is 15.5. The number of aromatic hydroxyl groups is 1. The minimum Gasteiger partial charge on any atom is -0.507 e. The van der Waals surface area contributed by atoms with Gasteiger partial charge in [0, 0.05) is 6.42 Å². The van der Waals surface area contributed by atoms with Crippen LogP contribution in [0.25, 0.3) is 0 Å². The molecule has 0 aromatic heterocycles. The molecule has 0 heterocycles. The minimum atomic E-state index is -0.174. The highest BCUT2D eigenvalue weighted by atomic mass is 16.5. The highest BCUT2D eigenvalue weighted by Crippen LogP contribution is 2.30. The molecular weight excluding hydrogens is 240 g/mol. The van der Waals surface area contributed by atoms with Crippen LogP contribution < -0.4 is 0 Å². The van der Waals surface area contributed by atoms with Crippen LogP contribution in [0.15, 0.2) is 12.1 Å². The number of hydrogen-bond acceptors (Lipinski definition) is 3. The number of ether oxygens (including phenoxy) is 1. The Bertz CT molecular complexity index is 448. The maximum Gasteiger partial charge on any atom is 0.306 e. The fraction of sp³-hybridized carbons (Fsp3) is 0.562. The third-order valence-corrected chi connectivity index (χ3v) is 3.00. The number of carbonyl (C=O) groups excluding carboxylic acids is 1. The zero-order chi connectivity index (χ0) is 14.6. The number of carbonyl (C=O) groups is 1. The summed E-state index contributed by atoms with van der Waals surface area (Å²) in [6, 6.07) is 3.92. The molecule has 0 radical (unpaired) electrons. The van der Waals surface area contributed by atoms with Crippen LogP contribution in [-0.2, 0) is 16.0 Å². The summed E-state index contributed by atoms with van der Waals surface area (Å²) >= 11 is 0. The Kier molecular flexibility index (Phi) is 5.40. The van der Waals surface area contributed by atoms with E-state index in [1.54, 1.807) is 0 Å². The number of phenolic OH excluding ortho intramolecular Hbond substituents is 1. The van der Waals surface area contributed by atoms with Crippen molar-refractivity contribution in [2.24, 2.45) is 0 Å². The van der Waals surface area contributed by atoms with Crippen molar-refractivity contribution in [2.75, 3.05) is 0 Å². The first-order valence-corrected chi connectivity index (χ1v) is 6.83. The Labute approximate surface area is 115 Å². The lowest BCUT2D eigenvalue weighted by molar-refractivity contribution is -0.147. The Balaban J connectivity index is 2.77. The van der Waals surface area contributed by atoms with E-state index in [0.717, 1.165) is 16.7 Å². The van der Waals surface area contributed by atoms with E-state index in [1.165, 1.54) is 0 Å². The molecule has 0 amide bonds. The summed E-state index contributed by atoms with van der Waals surface area (Å²) in [4.78, 5) is 11.5. The Morgan fingerprint density at radius 2 is 1.89 bits per heavy atom. The molecular formula is C16H24O3. The lowest BCUT2D eigenvalue weighted by atomic mass is 9.95. The Morgan fingerprint density at radius 1 is 1.26 bits per heavy atom. The molecule has 0 aliphatic rings. The fourth-order valence-corrected chi connectivity index (χ4v) is 2.04. The number of esters is 1. The molecule has 0 atom stereocenters. The van der Waals surface area contributed by atoms with Gasteiger partial charge in [0.1, 0.15) is 5.75 Å².